The molecule has 1 aromatic heterocycles. The first-order chi connectivity index (χ1) is 17.4. The van der Waals surface area contributed by atoms with E-state index in [0.717, 1.165) is 44.3 Å². The monoisotopic (exact) mass is 510 g/mol. The summed E-state index contributed by atoms with van der Waals surface area (Å²) >= 11 is 1.76. The summed E-state index contributed by atoms with van der Waals surface area (Å²) in [4.78, 5) is 32.3. The molecule has 1 saturated carbocycles. The highest BCUT2D eigenvalue weighted by Gasteiger charge is 2.35. The number of ether oxygens (including phenoxy) is 1. The average molecular weight is 511 g/mol. The summed E-state index contributed by atoms with van der Waals surface area (Å²) in [6.07, 6.45) is 6.01. The fourth-order valence-electron chi connectivity index (χ4n) is 5.42. The number of nitrogens with zero attached hydrogens (tertiary/aromatic N) is 2. The Morgan fingerprint density at radius 2 is 1.83 bits per heavy atom. The SMILES string of the molecule is CCC(C)CN(CC(=O)N1CCc2sccc2C1COc1ccc(C(C)C)cc1)C(=O)C1CCCC1. The van der Waals surface area contributed by atoms with Crippen LogP contribution in [-0.2, 0) is 16.0 Å². The number of amides is 2. The number of hydrogen-bond donors (Lipinski definition) is 0. The summed E-state index contributed by atoms with van der Waals surface area (Å²) in [5.41, 5.74) is 2.47. The Labute approximate surface area is 220 Å². The molecule has 0 bridgehead atoms. The van der Waals surface area contributed by atoms with Gasteiger partial charge in [0.25, 0.3) is 0 Å². The van der Waals surface area contributed by atoms with Crippen LogP contribution in [0.15, 0.2) is 35.7 Å². The van der Waals surface area contributed by atoms with Gasteiger partial charge < -0.3 is 14.5 Å². The highest BCUT2D eigenvalue weighted by Crippen LogP contribution is 2.34. The molecular weight excluding hydrogens is 468 g/mol. The molecule has 2 amide bonds. The Morgan fingerprint density at radius 3 is 2.50 bits per heavy atom. The van der Waals surface area contributed by atoms with E-state index in [1.165, 1.54) is 16.0 Å². The van der Waals surface area contributed by atoms with Crippen molar-refractivity contribution in [2.75, 3.05) is 26.2 Å². The first-order valence-corrected chi connectivity index (χ1v) is 14.6. The van der Waals surface area contributed by atoms with Crippen molar-refractivity contribution in [2.24, 2.45) is 11.8 Å². The fraction of sp³-hybridized carbons (Fsp3) is 0.600. The molecule has 1 fully saturated rings. The van der Waals surface area contributed by atoms with Gasteiger partial charge in [0.1, 0.15) is 12.4 Å². The molecule has 4 rings (SSSR count). The minimum atomic E-state index is -0.135. The van der Waals surface area contributed by atoms with Crippen molar-refractivity contribution in [1.82, 2.24) is 9.80 Å². The molecule has 2 heterocycles. The molecule has 1 aromatic carbocycles. The summed E-state index contributed by atoms with van der Waals surface area (Å²) in [6, 6.07) is 10.3. The van der Waals surface area contributed by atoms with Crippen LogP contribution in [0.1, 0.15) is 87.8 Å². The molecule has 6 heteroatoms. The van der Waals surface area contributed by atoms with Gasteiger partial charge in [-0.2, -0.15) is 0 Å². The summed E-state index contributed by atoms with van der Waals surface area (Å²) in [5, 5.41) is 2.11. The Morgan fingerprint density at radius 1 is 1.11 bits per heavy atom. The summed E-state index contributed by atoms with van der Waals surface area (Å²) in [5.74, 6) is 1.96. The van der Waals surface area contributed by atoms with Crippen LogP contribution < -0.4 is 4.74 Å². The third kappa shape index (κ3) is 6.31. The smallest absolute Gasteiger partial charge is 0.242 e. The maximum atomic E-state index is 13.8. The zero-order valence-corrected chi connectivity index (χ0v) is 23.2. The van der Waals surface area contributed by atoms with Crippen molar-refractivity contribution in [3.8, 4) is 5.75 Å². The van der Waals surface area contributed by atoms with Crippen LogP contribution in [0.2, 0.25) is 0 Å². The molecule has 0 saturated heterocycles. The number of rotatable bonds is 10. The highest BCUT2D eigenvalue weighted by molar-refractivity contribution is 7.10. The van der Waals surface area contributed by atoms with Gasteiger partial charge in [0, 0.05) is 23.9 Å². The molecule has 0 spiro atoms. The second-order valence-corrected chi connectivity index (χ2v) is 11.9. The largest absolute Gasteiger partial charge is 0.491 e. The molecule has 2 aromatic rings. The number of carbonyl (C=O) groups excluding carboxylic acids is 2. The van der Waals surface area contributed by atoms with Crippen LogP contribution in [0, 0.1) is 11.8 Å². The summed E-state index contributed by atoms with van der Waals surface area (Å²) in [7, 11) is 0. The summed E-state index contributed by atoms with van der Waals surface area (Å²) < 4.78 is 6.23. The van der Waals surface area contributed by atoms with Gasteiger partial charge in [-0.1, -0.05) is 59.1 Å². The number of fused-ring (bicyclic) bond motifs is 1. The lowest BCUT2D eigenvalue weighted by Gasteiger charge is -2.37. The molecule has 1 aliphatic heterocycles. The molecule has 196 valence electrons. The lowest BCUT2D eigenvalue weighted by Crippen LogP contribution is -2.49. The maximum absolute atomic E-state index is 13.8. The molecule has 2 atom stereocenters. The molecule has 2 unspecified atom stereocenters. The van der Waals surface area contributed by atoms with Crippen molar-refractivity contribution in [1.29, 1.82) is 0 Å². The van der Waals surface area contributed by atoms with Crippen LogP contribution >= 0.6 is 11.3 Å². The predicted octanol–water partition coefficient (Wildman–Crippen LogP) is 6.44. The fourth-order valence-corrected chi connectivity index (χ4v) is 6.35. The number of thiophene rings is 1. The van der Waals surface area contributed by atoms with E-state index in [-0.39, 0.29) is 30.3 Å². The van der Waals surface area contributed by atoms with Gasteiger partial charge >= 0.3 is 0 Å². The standard InChI is InChI=1S/C30H42N2O3S/c1-5-22(4)18-31(30(34)24-8-6-7-9-24)19-29(33)32-16-14-28-26(15-17-36-28)27(32)20-35-25-12-10-23(11-13-25)21(2)3/h10-13,15,17,21-22,24,27H,5-9,14,16,18-20H2,1-4H3. The maximum Gasteiger partial charge on any atom is 0.242 e. The molecule has 0 N–H and O–H groups in total. The second-order valence-electron chi connectivity index (χ2n) is 10.9. The van der Waals surface area contributed by atoms with E-state index in [1.54, 1.807) is 11.3 Å². The first-order valence-electron chi connectivity index (χ1n) is 13.7. The molecule has 2 aliphatic rings. The predicted molar refractivity (Wildman–Crippen MR) is 146 cm³/mol. The van der Waals surface area contributed by atoms with E-state index in [2.05, 4.69) is 51.3 Å². The van der Waals surface area contributed by atoms with Gasteiger partial charge in [0.2, 0.25) is 11.8 Å². The molecule has 1 aliphatic carbocycles. The second kappa shape index (κ2) is 12.3. The van der Waals surface area contributed by atoms with Crippen molar-refractivity contribution in [2.45, 2.75) is 78.2 Å². The Balaban J connectivity index is 1.49. The van der Waals surface area contributed by atoms with Crippen molar-refractivity contribution < 1.29 is 14.3 Å². The lowest BCUT2D eigenvalue weighted by molar-refractivity contribution is -0.145. The van der Waals surface area contributed by atoms with Gasteiger partial charge in [-0.05, 0) is 65.8 Å². The van der Waals surface area contributed by atoms with Gasteiger partial charge in [0.05, 0.1) is 12.6 Å². The lowest BCUT2D eigenvalue weighted by atomic mass is 10.00. The molecule has 36 heavy (non-hydrogen) atoms. The zero-order chi connectivity index (χ0) is 25.7. The Kier molecular flexibility index (Phi) is 9.10. The quantitative estimate of drug-likeness (QED) is 0.369. The average Bonchev–Trinajstić information content (AvgIpc) is 3.59. The highest BCUT2D eigenvalue weighted by atomic mass is 32.1. The van der Waals surface area contributed by atoms with Crippen LogP contribution in [0.4, 0.5) is 0 Å². The van der Waals surface area contributed by atoms with Gasteiger partial charge in [0.15, 0.2) is 0 Å². The molecule has 5 nitrogen and oxygen atoms in total. The van der Waals surface area contributed by atoms with E-state index >= 15 is 0 Å². The van der Waals surface area contributed by atoms with Crippen molar-refractivity contribution >= 4 is 23.2 Å². The summed E-state index contributed by atoms with van der Waals surface area (Å²) in [6.45, 7) is 10.6. The van der Waals surface area contributed by atoms with E-state index < -0.39 is 0 Å². The van der Waals surface area contributed by atoms with E-state index in [9.17, 15) is 9.59 Å². The minimum absolute atomic E-state index is 0.0326. The molecule has 0 radical (unpaired) electrons. The third-order valence-electron chi connectivity index (χ3n) is 7.94. The van der Waals surface area contributed by atoms with Crippen molar-refractivity contribution in [3.05, 3.63) is 51.7 Å². The zero-order valence-electron chi connectivity index (χ0n) is 22.4. The van der Waals surface area contributed by atoms with Gasteiger partial charge in [-0.3, -0.25) is 9.59 Å². The number of carbonyl (C=O) groups is 2. The molecular formula is C30H42N2O3S. The Bertz CT molecular complexity index is 1010. The van der Waals surface area contributed by atoms with Gasteiger partial charge in [-0.15, -0.1) is 11.3 Å². The van der Waals surface area contributed by atoms with Gasteiger partial charge in [-0.25, -0.2) is 0 Å². The third-order valence-corrected chi connectivity index (χ3v) is 8.94. The minimum Gasteiger partial charge on any atom is -0.491 e. The Hall–Kier alpha value is -2.34. The van der Waals surface area contributed by atoms with Crippen LogP contribution in [0.25, 0.3) is 0 Å². The number of benzene rings is 1. The van der Waals surface area contributed by atoms with Crippen molar-refractivity contribution in [3.63, 3.8) is 0 Å². The van der Waals surface area contributed by atoms with E-state index in [1.807, 2.05) is 21.9 Å². The normalized spacial score (nSPS) is 18.8. The van der Waals surface area contributed by atoms with E-state index in [0.29, 0.717) is 31.5 Å². The van der Waals surface area contributed by atoms with Crippen LogP contribution in [0.5, 0.6) is 5.75 Å². The topological polar surface area (TPSA) is 49.9 Å². The van der Waals surface area contributed by atoms with E-state index in [4.69, 9.17) is 4.74 Å². The number of hydrogen-bond acceptors (Lipinski definition) is 4. The first kappa shape index (κ1) is 26.7. The van der Waals surface area contributed by atoms with Crippen LogP contribution in [-0.4, -0.2) is 47.9 Å². The van der Waals surface area contributed by atoms with Crippen LogP contribution in [0.3, 0.4) is 0 Å².